The zero-order chi connectivity index (χ0) is 13.8. The molecule has 0 amide bonds. The maximum Gasteiger partial charge on any atom is 0.127 e. The van der Waals surface area contributed by atoms with Gasteiger partial charge in [-0.1, -0.05) is 51.8 Å². The zero-order valence-electron chi connectivity index (χ0n) is 11.1. The molecule has 3 heteroatoms. The van der Waals surface area contributed by atoms with Crippen molar-refractivity contribution in [3.05, 3.63) is 69.4 Å². The Morgan fingerprint density at radius 2 is 1.84 bits per heavy atom. The summed E-state index contributed by atoms with van der Waals surface area (Å²) in [6.45, 7) is 2.06. The maximum absolute atomic E-state index is 13.9. The van der Waals surface area contributed by atoms with Crippen LogP contribution in [0.4, 0.5) is 4.39 Å². The first-order chi connectivity index (χ1) is 9.10. The van der Waals surface area contributed by atoms with Crippen LogP contribution in [0.3, 0.4) is 0 Å². The number of benzene rings is 2. The Kier molecular flexibility index (Phi) is 4.72. The minimum Gasteiger partial charge on any atom is -0.313 e. The Labute approximate surface area is 122 Å². The molecule has 2 aromatic carbocycles. The average Bonchev–Trinajstić information content (AvgIpc) is 2.39. The fourth-order valence-corrected chi connectivity index (χ4v) is 2.43. The third-order valence-electron chi connectivity index (χ3n) is 3.27. The Hall–Kier alpha value is -1.19. The van der Waals surface area contributed by atoms with E-state index in [-0.39, 0.29) is 11.9 Å². The molecule has 0 spiro atoms. The molecule has 0 aliphatic heterocycles. The van der Waals surface area contributed by atoms with E-state index in [1.165, 1.54) is 17.2 Å². The van der Waals surface area contributed by atoms with Gasteiger partial charge in [-0.2, -0.15) is 0 Å². The minimum absolute atomic E-state index is 0.122. The summed E-state index contributed by atoms with van der Waals surface area (Å²) >= 11 is 3.28. The van der Waals surface area contributed by atoms with Crippen LogP contribution in [0.25, 0.3) is 0 Å². The first-order valence-electron chi connectivity index (χ1n) is 6.28. The number of aryl methyl sites for hydroxylation is 1. The van der Waals surface area contributed by atoms with Gasteiger partial charge in [0.2, 0.25) is 0 Å². The van der Waals surface area contributed by atoms with Crippen LogP contribution >= 0.6 is 15.9 Å². The summed E-state index contributed by atoms with van der Waals surface area (Å²) in [6, 6.07) is 13.7. The zero-order valence-corrected chi connectivity index (χ0v) is 12.7. The lowest BCUT2D eigenvalue weighted by atomic mass is 9.98. The standard InChI is InChI=1S/C16H17BrFN/c1-11-3-5-12(6-4-11)16(19-2)9-13-7-8-14(17)10-15(13)18/h3-8,10,16,19H,9H2,1-2H3. The highest BCUT2D eigenvalue weighted by Crippen LogP contribution is 2.22. The Morgan fingerprint density at radius 3 is 2.42 bits per heavy atom. The minimum atomic E-state index is -0.165. The molecule has 0 aromatic heterocycles. The molecule has 0 saturated carbocycles. The summed E-state index contributed by atoms with van der Waals surface area (Å²) in [5.74, 6) is -0.165. The number of hydrogen-bond donors (Lipinski definition) is 1. The van der Waals surface area contributed by atoms with E-state index in [9.17, 15) is 4.39 Å². The Bertz CT molecular complexity index is 551. The highest BCUT2D eigenvalue weighted by Gasteiger charge is 2.12. The third-order valence-corrected chi connectivity index (χ3v) is 3.76. The molecular weight excluding hydrogens is 305 g/mol. The molecule has 0 saturated heterocycles. The van der Waals surface area contributed by atoms with E-state index < -0.39 is 0 Å². The summed E-state index contributed by atoms with van der Waals surface area (Å²) in [7, 11) is 1.90. The summed E-state index contributed by atoms with van der Waals surface area (Å²) < 4.78 is 14.6. The van der Waals surface area contributed by atoms with Gasteiger partial charge in [0.1, 0.15) is 5.82 Å². The maximum atomic E-state index is 13.9. The molecule has 0 bridgehead atoms. The molecule has 1 atom stereocenters. The summed E-state index contributed by atoms with van der Waals surface area (Å²) in [6.07, 6.45) is 0.638. The molecule has 1 unspecified atom stereocenters. The van der Waals surface area contributed by atoms with Crippen LogP contribution in [0.5, 0.6) is 0 Å². The van der Waals surface area contributed by atoms with Crippen LogP contribution in [0.15, 0.2) is 46.9 Å². The number of hydrogen-bond acceptors (Lipinski definition) is 1. The molecule has 1 nitrogen and oxygen atoms in total. The van der Waals surface area contributed by atoms with Gasteiger partial charge in [0.05, 0.1) is 0 Å². The predicted octanol–water partition coefficient (Wildman–Crippen LogP) is 4.40. The molecule has 0 radical (unpaired) electrons. The second-order valence-corrected chi connectivity index (χ2v) is 5.61. The first-order valence-corrected chi connectivity index (χ1v) is 7.07. The van der Waals surface area contributed by atoms with E-state index in [1.807, 2.05) is 19.2 Å². The molecule has 0 aliphatic carbocycles. The smallest absolute Gasteiger partial charge is 0.127 e. The lowest BCUT2D eigenvalue weighted by Gasteiger charge is -2.17. The van der Waals surface area contributed by atoms with Crippen LogP contribution in [0.1, 0.15) is 22.7 Å². The Balaban J connectivity index is 2.21. The van der Waals surface area contributed by atoms with Crippen molar-refractivity contribution in [1.82, 2.24) is 5.32 Å². The monoisotopic (exact) mass is 321 g/mol. The van der Waals surface area contributed by atoms with Gasteiger partial charge in [-0.25, -0.2) is 4.39 Å². The van der Waals surface area contributed by atoms with Crippen molar-refractivity contribution in [2.75, 3.05) is 7.05 Å². The van der Waals surface area contributed by atoms with Crippen molar-refractivity contribution >= 4 is 15.9 Å². The third kappa shape index (κ3) is 3.64. The van der Waals surface area contributed by atoms with Crippen LogP contribution in [-0.4, -0.2) is 7.05 Å². The lowest BCUT2D eigenvalue weighted by Crippen LogP contribution is -2.19. The number of rotatable bonds is 4. The van der Waals surface area contributed by atoms with Crippen molar-refractivity contribution < 1.29 is 4.39 Å². The first kappa shape index (κ1) is 14.2. The van der Waals surface area contributed by atoms with E-state index in [4.69, 9.17) is 0 Å². The van der Waals surface area contributed by atoms with Gasteiger partial charge in [0, 0.05) is 10.5 Å². The second kappa shape index (κ2) is 6.31. The van der Waals surface area contributed by atoms with E-state index in [0.717, 1.165) is 10.0 Å². The van der Waals surface area contributed by atoms with Gasteiger partial charge in [-0.05, 0) is 43.7 Å². The van der Waals surface area contributed by atoms with Crippen LogP contribution in [-0.2, 0) is 6.42 Å². The average molecular weight is 322 g/mol. The van der Waals surface area contributed by atoms with Crippen molar-refractivity contribution in [2.24, 2.45) is 0 Å². The van der Waals surface area contributed by atoms with E-state index in [2.05, 4.69) is 52.4 Å². The largest absolute Gasteiger partial charge is 0.313 e. The lowest BCUT2D eigenvalue weighted by molar-refractivity contribution is 0.554. The van der Waals surface area contributed by atoms with Gasteiger partial charge in [0.25, 0.3) is 0 Å². The Morgan fingerprint density at radius 1 is 1.16 bits per heavy atom. The fraction of sp³-hybridized carbons (Fsp3) is 0.250. The number of halogens is 2. The van der Waals surface area contributed by atoms with Crippen molar-refractivity contribution in [1.29, 1.82) is 0 Å². The van der Waals surface area contributed by atoms with Crippen LogP contribution in [0.2, 0.25) is 0 Å². The second-order valence-electron chi connectivity index (χ2n) is 4.69. The topological polar surface area (TPSA) is 12.0 Å². The fourth-order valence-electron chi connectivity index (χ4n) is 2.09. The molecule has 0 heterocycles. The van der Waals surface area contributed by atoms with Gasteiger partial charge in [-0.15, -0.1) is 0 Å². The van der Waals surface area contributed by atoms with Gasteiger partial charge >= 0.3 is 0 Å². The van der Waals surface area contributed by atoms with Crippen LogP contribution < -0.4 is 5.32 Å². The van der Waals surface area contributed by atoms with Crippen LogP contribution in [0, 0.1) is 12.7 Å². The molecule has 1 N–H and O–H groups in total. The van der Waals surface area contributed by atoms with Gasteiger partial charge < -0.3 is 5.32 Å². The molecule has 0 fully saturated rings. The molecule has 0 aliphatic rings. The highest BCUT2D eigenvalue weighted by molar-refractivity contribution is 9.10. The van der Waals surface area contributed by atoms with E-state index >= 15 is 0 Å². The van der Waals surface area contributed by atoms with Crippen molar-refractivity contribution in [3.8, 4) is 0 Å². The summed E-state index contributed by atoms with van der Waals surface area (Å²) in [5, 5.41) is 3.25. The van der Waals surface area contributed by atoms with Crippen molar-refractivity contribution in [2.45, 2.75) is 19.4 Å². The van der Waals surface area contributed by atoms with E-state index in [1.54, 1.807) is 0 Å². The molecule has 2 rings (SSSR count). The quantitative estimate of drug-likeness (QED) is 0.880. The normalized spacial score (nSPS) is 12.4. The van der Waals surface area contributed by atoms with Crippen molar-refractivity contribution in [3.63, 3.8) is 0 Å². The molecule has 100 valence electrons. The highest BCUT2D eigenvalue weighted by atomic mass is 79.9. The predicted molar refractivity (Wildman–Crippen MR) is 80.8 cm³/mol. The molecule has 2 aromatic rings. The molecule has 19 heavy (non-hydrogen) atoms. The van der Waals surface area contributed by atoms with E-state index in [0.29, 0.717) is 6.42 Å². The van der Waals surface area contributed by atoms with Gasteiger partial charge in [0.15, 0.2) is 0 Å². The number of nitrogens with one attached hydrogen (secondary N) is 1. The SMILES string of the molecule is CNC(Cc1ccc(Br)cc1F)c1ccc(C)cc1. The van der Waals surface area contributed by atoms with Gasteiger partial charge in [-0.3, -0.25) is 0 Å². The summed E-state index contributed by atoms with van der Waals surface area (Å²) in [5.41, 5.74) is 3.13. The summed E-state index contributed by atoms with van der Waals surface area (Å²) in [4.78, 5) is 0. The number of likely N-dealkylation sites (N-methyl/N-ethyl adjacent to an activating group) is 1. The molecular formula is C16H17BrFN.